The maximum atomic E-state index is 12.0. The SMILES string of the molecule is C=C1CC[C@H]2C(C)(C)CCC[C@]2(C)[C@H]1C/C=C1/CC(OC)OC1=O. The molecular weight excluding hydrogens is 300 g/mol. The van der Waals surface area contributed by atoms with Crippen LogP contribution in [0, 0.1) is 22.7 Å². The zero-order valence-corrected chi connectivity index (χ0v) is 15.7. The van der Waals surface area contributed by atoms with Crippen molar-refractivity contribution in [3.8, 4) is 0 Å². The largest absolute Gasteiger partial charge is 0.432 e. The van der Waals surface area contributed by atoms with Crippen LogP contribution in [0.5, 0.6) is 0 Å². The molecule has 1 unspecified atom stereocenters. The summed E-state index contributed by atoms with van der Waals surface area (Å²) in [6, 6.07) is 0. The molecule has 0 aromatic heterocycles. The Balaban J connectivity index is 1.81. The number of cyclic esters (lactones) is 1. The Morgan fingerprint density at radius 3 is 2.75 bits per heavy atom. The molecule has 0 amide bonds. The van der Waals surface area contributed by atoms with Gasteiger partial charge < -0.3 is 9.47 Å². The van der Waals surface area contributed by atoms with E-state index in [0.29, 0.717) is 23.2 Å². The van der Waals surface area contributed by atoms with Crippen molar-refractivity contribution in [3.05, 3.63) is 23.8 Å². The van der Waals surface area contributed by atoms with Crippen LogP contribution < -0.4 is 0 Å². The number of esters is 1. The van der Waals surface area contributed by atoms with Crippen molar-refractivity contribution < 1.29 is 14.3 Å². The van der Waals surface area contributed by atoms with Gasteiger partial charge in [-0.2, -0.15) is 0 Å². The molecule has 2 saturated carbocycles. The molecule has 1 heterocycles. The molecule has 24 heavy (non-hydrogen) atoms. The number of hydrogen-bond acceptors (Lipinski definition) is 3. The summed E-state index contributed by atoms with van der Waals surface area (Å²) in [6.07, 6.45) is 9.47. The fourth-order valence-electron chi connectivity index (χ4n) is 5.77. The fourth-order valence-corrected chi connectivity index (χ4v) is 5.77. The molecule has 134 valence electrons. The Kier molecular flexibility index (Phi) is 4.67. The Labute approximate surface area is 146 Å². The van der Waals surface area contributed by atoms with E-state index in [-0.39, 0.29) is 5.97 Å². The molecule has 3 fully saturated rings. The predicted octanol–water partition coefficient (Wildman–Crippen LogP) is 5.02. The minimum atomic E-state index is -0.407. The summed E-state index contributed by atoms with van der Waals surface area (Å²) in [4.78, 5) is 12.0. The lowest BCUT2D eigenvalue weighted by Gasteiger charge is -2.58. The molecule has 3 rings (SSSR count). The van der Waals surface area contributed by atoms with Gasteiger partial charge in [0, 0.05) is 19.1 Å². The number of ether oxygens (including phenoxy) is 2. The second-order valence-electron chi connectivity index (χ2n) is 8.89. The van der Waals surface area contributed by atoms with Gasteiger partial charge in [-0.1, -0.05) is 45.4 Å². The highest BCUT2D eigenvalue weighted by Gasteiger charge is 2.52. The molecular formula is C21H32O3. The number of methoxy groups -OCH3 is 1. The monoisotopic (exact) mass is 332 g/mol. The number of carbonyl (C=O) groups excluding carboxylic acids is 1. The molecule has 0 radical (unpaired) electrons. The van der Waals surface area contributed by atoms with E-state index in [1.807, 2.05) is 0 Å². The summed E-state index contributed by atoms with van der Waals surface area (Å²) >= 11 is 0. The second-order valence-corrected chi connectivity index (χ2v) is 8.89. The van der Waals surface area contributed by atoms with Gasteiger partial charge in [-0.25, -0.2) is 4.79 Å². The number of rotatable bonds is 3. The highest BCUT2D eigenvalue weighted by Crippen LogP contribution is 2.61. The lowest BCUT2D eigenvalue weighted by atomic mass is 9.47. The predicted molar refractivity (Wildman–Crippen MR) is 95.3 cm³/mol. The zero-order valence-electron chi connectivity index (χ0n) is 15.7. The van der Waals surface area contributed by atoms with Crippen LogP contribution in [0.1, 0.15) is 65.7 Å². The van der Waals surface area contributed by atoms with Crippen molar-refractivity contribution in [2.75, 3.05) is 7.11 Å². The van der Waals surface area contributed by atoms with E-state index in [4.69, 9.17) is 9.47 Å². The van der Waals surface area contributed by atoms with Crippen LogP contribution in [0.15, 0.2) is 23.8 Å². The first-order valence-electron chi connectivity index (χ1n) is 9.38. The van der Waals surface area contributed by atoms with Gasteiger partial charge in [0.2, 0.25) is 6.29 Å². The minimum absolute atomic E-state index is 0.214. The van der Waals surface area contributed by atoms with Gasteiger partial charge in [0.1, 0.15) is 0 Å². The Hall–Kier alpha value is -1.09. The normalized spacial score (nSPS) is 40.5. The van der Waals surface area contributed by atoms with Crippen molar-refractivity contribution in [2.24, 2.45) is 22.7 Å². The van der Waals surface area contributed by atoms with Crippen molar-refractivity contribution >= 4 is 5.97 Å². The third-order valence-corrected chi connectivity index (χ3v) is 7.07. The van der Waals surface area contributed by atoms with Crippen LogP contribution in [0.25, 0.3) is 0 Å². The number of hydrogen-bond donors (Lipinski definition) is 0. The average Bonchev–Trinajstić information content (AvgIpc) is 2.86. The summed E-state index contributed by atoms with van der Waals surface area (Å²) in [5.41, 5.74) is 2.86. The summed E-state index contributed by atoms with van der Waals surface area (Å²) in [5.74, 6) is 1.00. The van der Waals surface area contributed by atoms with Gasteiger partial charge in [0.25, 0.3) is 0 Å². The maximum Gasteiger partial charge on any atom is 0.336 e. The lowest BCUT2D eigenvalue weighted by Crippen LogP contribution is -2.49. The summed E-state index contributed by atoms with van der Waals surface area (Å²) in [5, 5.41) is 0. The molecule has 0 aromatic carbocycles. The van der Waals surface area contributed by atoms with Crippen LogP contribution in [-0.2, 0) is 14.3 Å². The molecule has 3 aliphatic rings. The molecule has 3 heteroatoms. The van der Waals surface area contributed by atoms with Crippen LogP contribution in [0.3, 0.4) is 0 Å². The molecule has 0 spiro atoms. The van der Waals surface area contributed by atoms with Crippen molar-refractivity contribution in [1.29, 1.82) is 0 Å². The quantitative estimate of drug-likeness (QED) is 0.413. The molecule has 4 atom stereocenters. The maximum absolute atomic E-state index is 12.0. The molecule has 0 aromatic rings. The van der Waals surface area contributed by atoms with Gasteiger partial charge in [-0.15, -0.1) is 0 Å². The minimum Gasteiger partial charge on any atom is -0.432 e. The van der Waals surface area contributed by atoms with Crippen LogP contribution >= 0.6 is 0 Å². The average molecular weight is 332 g/mol. The number of allylic oxidation sites excluding steroid dienone is 2. The highest BCUT2D eigenvalue weighted by atomic mass is 16.7. The van der Waals surface area contributed by atoms with Crippen molar-refractivity contribution in [1.82, 2.24) is 0 Å². The van der Waals surface area contributed by atoms with Crippen molar-refractivity contribution in [2.45, 2.75) is 72.0 Å². The first-order valence-corrected chi connectivity index (χ1v) is 9.38. The van der Waals surface area contributed by atoms with E-state index < -0.39 is 6.29 Å². The van der Waals surface area contributed by atoms with E-state index in [2.05, 4.69) is 33.4 Å². The summed E-state index contributed by atoms with van der Waals surface area (Å²) < 4.78 is 10.4. The molecule has 1 saturated heterocycles. The van der Waals surface area contributed by atoms with Gasteiger partial charge >= 0.3 is 5.97 Å². The van der Waals surface area contributed by atoms with E-state index in [0.717, 1.165) is 24.3 Å². The van der Waals surface area contributed by atoms with Gasteiger partial charge in [-0.3, -0.25) is 0 Å². The molecule has 2 aliphatic carbocycles. The lowest BCUT2D eigenvalue weighted by molar-refractivity contribution is -0.156. The third kappa shape index (κ3) is 2.96. The van der Waals surface area contributed by atoms with E-state index in [1.54, 1.807) is 7.11 Å². The first-order chi connectivity index (χ1) is 11.3. The number of carbonyl (C=O) groups is 1. The molecule has 0 N–H and O–H groups in total. The highest BCUT2D eigenvalue weighted by molar-refractivity contribution is 5.90. The smallest absolute Gasteiger partial charge is 0.336 e. The Morgan fingerprint density at radius 2 is 2.08 bits per heavy atom. The first kappa shape index (κ1) is 17.7. The topological polar surface area (TPSA) is 35.5 Å². The van der Waals surface area contributed by atoms with Crippen LogP contribution in [0.2, 0.25) is 0 Å². The van der Waals surface area contributed by atoms with Gasteiger partial charge in [-0.05, 0) is 54.8 Å². The molecule has 0 bridgehead atoms. The Bertz CT molecular complexity index is 559. The number of fused-ring (bicyclic) bond motifs is 1. The van der Waals surface area contributed by atoms with Gasteiger partial charge in [0.05, 0.1) is 0 Å². The zero-order chi connectivity index (χ0) is 17.5. The standard InChI is InChI=1S/C21H32O3/c1-14-7-10-17-20(2,3)11-6-12-21(17,4)16(14)9-8-15-13-18(23-5)24-19(15)22/h8,16-18H,1,6-7,9-13H2,2-5H3/b15-8-/t16-,17-,18?,21+/m0/s1. The Morgan fingerprint density at radius 1 is 1.33 bits per heavy atom. The van der Waals surface area contributed by atoms with Crippen LogP contribution in [0.4, 0.5) is 0 Å². The second kappa shape index (κ2) is 6.33. The summed E-state index contributed by atoms with van der Waals surface area (Å²) in [7, 11) is 1.58. The van der Waals surface area contributed by atoms with E-state index in [1.165, 1.54) is 31.3 Å². The van der Waals surface area contributed by atoms with E-state index in [9.17, 15) is 4.79 Å². The third-order valence-electron chi connectivity index (χ3n) is 7.07. The summed E-state index contributed by atoms with van der Waals surface area (Å²) in [6.45, 7) is 11.8. The molecule has 1 aliphatic heterocycles. The van der Waals surface area contributed by atoms with Crippen molar-refractivity contribution in [3.63, 3.8) is 0 Å². The molecule has 3 nitrogen and oxygen atoms in total. The fraction of sp³-hybridized carbons (Fsp3) is 0.762. The van der Waals surface area contributed by atoms with E-state index >= 15 is 0 Å². The van der Waals surface area contributed by atoms with Gasteiger partial charge in [0.15, 0.2) is 0 Å². The van der Waals surface area contributed by atoms with Crippen LogP contribution in [-0.4, -0.2) is 19.4 Å².